The molecule has 0 bridgehead atoms. The fourth-order valence-electron chi connectivity index (χ4n) is 4.07. The fourth-order valence-corrected chi connectivity index (χ4v) is 4.07. The molecule has 166 valence electrons. The molecule has 4 aromatic rings. The number of rotatable bonds is 6. The van der Waals surface area contributed by atoms with Crippen molar-refractivity contribution in [1.82, 2.24) is 19.9 Å². The zero-order valence-electron chi connectivity index (χ0n) is 18.4. The minimum atomic E-state index is -0.955. The maximum atomic E-state index is 6.88. The van der Waals surface area contributed by atoms with Gasteiger partial charge in [0, 0.05) is 23.7 Å². The molecule has 0 aliphatic heterocycles. The number of nitrogens with two attached hydrogens (primary N) is 1. The number of imidazole rings is 1. The molecule has 8 heteroatoms. The molecule has 1 atom stereocenters. The second-order valence-electron chi connectivity index (χ2n) is 7.79. The van der Waals surface area contributed by atoms with Gasteiger partial charge in [-0.1, -0.05) is 24.3 Å². The number of para-hydroxylation sites is 3. The summed E-state index contributed by atoms with van der Waals surface area (Å²) in [6, 6.07) is 17.5. The smallest absolute Gasteiger partial charge is 0.138 e. The summed E-state index contributed by atoms with van der Waals surface area (Å²) < 4.78 is 11.1. The normalized spacial score (nSPS) is 17.9. The van der Waals surface area contributed by atoms with Crippen LogP contribution in [0, 0.1) is 0 Å². The maximum absolute atomic E-state index is 6.88. The molecule has 2 aromatic heterocycles. The lowest BCUT2D eigenvalue weighted by Crippen LogP contribution is -2.43. The molecule has 1 unspecified atom stereocenters. The zero-order chi connectivity index (χ0) is 22.8. The average molecular weight is 441 g/mol. The average Bonchev–Trinajstić information content (AvgIpc) is 3.30. The Morgan fingerprint density at radius 2 is 1.82 bits per heavy atom. The number of anilines is 1. The number of benzene rings is 2. The first kappa shape index (κ1) is 20.7. The number of hydrogen-bond donors (Lipinski definition) is 3. The molecule has 0 fully saturated rings. The lowest BCUT2D eigenvalue weighted by Gasteiger charge is -2.32. The van der Waals surface area contributed by atoms with Crippen molar-refractivity contribution in [3.05, 3.63) is 90.4 Å². The van der Waals surface area contributed by atoms with Crippen LogP contribution in [-0.2, 0) is 10.3 Å². The molecule has 0 amide bonds. The van der Waals surface area contributed by atoms with E-state index in [1.165, 1.54) is 6.33 Å². The van der Waals surface area contributed by atoms with E-state index in [4.69, 9.17) is 20.2 Å². The van der Waals surface area contributed by atoms with Gasteiger partial charge in [-0.3, -0.25) is 0 Å². The second kappa shape index (κ2) is 8.40. The van der Waals surface area contributed by atoms with E-state index >= 15 is 0 Å². The lowest BCUT2D eigenvalue weighted by molar-refractivity contribution is 0.212. The SMILES string of the molecule is COC1=CC=C(Nc2cc(-c3ccccc3OC)ncn2)CC1(N)c1nc2ccccc2[nH]1. The van der Waals surface area contributed by atoms with Crippen molar-refractivity contribution in [2.24, 2.45) is 5.73 Å². The van der Waals surface area contributed by atoms with Gasteiger partial charge in [0.1, 0.15) is 35.0 Å². The van der Waals surface area contributed by atoms with E-state index in [0.29, 0.717) is 23.8 Å². The molecule has 8 nitrogen and oxygen atoms in total. The van der Waals surface area contributed by atoms with Crippen molar-refractivity contribution in [1.29, 1.82) is 0 Å². The third kappa shape index (κ3) is 3.81. The standard InChI is InChI=1S/C25H24N6O2/c1-32-21-10-6-3-7-17(21)20-13-23(28-15-27-20)29-16-11-12-22(33-2)25(26,14-16)24-30-18-8-4-5-9-19(18)31-24/h3-13,15H,14,26H2,1-2H3,(H,30,31)(H,27,28,29). The van der Waals surface area contributed by atoms with E-state index in [-0.39, 0.29) is 0 Å². The summed E-state index contributed by atoms with van der Waals surface area (Å²) in [6.45, 7) is 0. The number of methoxy groups -OCH3 is 2. The van der Waals surface area contributed by atoms with Crippen molar-refractivity contribution in [3.8, 4) is 17.0 Å². The van der Waals surface area contributed by atoms with Gasteiger partial charge >= 0.3 is 0 Å². The Morgan fingerprint density at radius 3 is 2.64 bits per heavy atom. The molecule has 5 rings (SSSR count). The van der Waals surface area contributed by atoms with Crippen LogP contribution in [0.1, 0.15) is 12.2 Å². The van der Waals surface area contributed by atoms with E-state index in [1.807, 2.05) is 66.7 Å². The summed E-state index contributed by atoms with van der Waals surface area (Å²) in [5, 5.41) is 3.38. The summed E-state index contributed by atoms with van der Waals surface area (Å²) in [4.78, 5) is 16.9. The molecule has 1 aliphatic carbocycles. The number of nitrogens with zero attached hydrogens (tertiary/aromatic N) is 3. The Labute approximate surface area is 191 Å². The minimum Gasteiger partial charge on any atom is -0.499 e. The van der Waals surface area contributed by atoms with Crippen LogP contribution in [0.2, 0.25) is 0 Å². The Balaban J connectivity index is 1.45. The van der Waals surface area contributed by atoms with Crippen molar-refractivity contribution >= 4 is 16.9 Å². The van der Waals surface area contributed by atoms with Crippen molar-refractivity contribution in [2.75, 3.05) is 19.5 Å². The van der Waals surface area contributed by atoms with Gasteiger partial charge in [-0.25, -0.2) is 15.0 Å². The van der Waals surface area contributed by atoms with Gasteiger partial charge in [-0.2, -0.15) is 0 Å². The van der Waals surface area contributed by atoms with Crippen LogP contribution in [0.4, 0.5) is 5.82 Å². The Hall–Kier alpha value is -4.17. The first-order chi connectivity index (χ1) is 16.1. The minimum absolute atomic E-state index is 0.445. The quantitative estimate of drug-likeness (QED) is 0.414. The molecule has 2 heterocycles. The lowest BCUT2D eigenvalue weighted by atomic mass is 9.87. The number of aromatic nitrogens is 4. The number of nitrogens with one attached hydrogen (secondary N) is 2. The van der Waals surface area contributed by atoms with Crippen LogP contribution in [0.5, 0.6) is 5.75 Å². The highest BCUT2D eigenvalue weighted by atomic mass is 16.5. The number of H-pyrrole nitrogens is 1. The predicted octanol–water partition coefficient (Wildman–Crippen LogP) is 4.11. The summed E-state index contributed by atoms with van der Waals surface area (Å²) in [5.41, 5.74) is 10.2. The molecule has 2 aromatic carbocycles. The van der Waals surface area contributed by atoms with Gasteiger partial charge in [-0.05, 0) is 36.4 Å². The largest absolute Gasteiger partial charge is 0.499 e. The Bertz CT molecular complexity index is 1340. The maximum Gasteiger partial charge on any atom is 0.138 e. The topological polar surface area (TPSA) is 111 Å². The first-order valence-electron chi connectivity index (χ1n) is 10.5. The highest BCUT2D eigenvalue weighted by molar-refractivity contribution is 5.75. The molecular weight excluding hydrogens is 416 g/mol. The van der Waals surface area contributed by atoms with Crippen LogP contribution >= 0.6 is 0 Å². The molecule has 4 N–H and O–H groups in total. The van der Waals surface area contributed by atoms with Crippen molar-refractivity contribution in [2.45, 2.75) is 12.0 Å². The van der Waals surface area contributed by atoms with Crippen LogP contribution in [0.25, 0.3) is 22.3 Å². The molecule has 0 spiro atoms. The second-order valence-corrected chi connectivity index (χ2v) is 7.79. The van der Waals surface area contributed by atoms with E-state index < -0.39 is 5.54 Å². The summed E-state index contributed by atoms with van der Waals surface area (Å²) in [5.74, 6) is 2.67. The molecule has 33 heavy (non-hydrogen) atoms. The van der Waals surface area contributed by atoms with E-state index in [9.17, 15) is 0 Å². The molecular formula is C25H24N6O2. The third-order valence-electron chi connectivity index (χ3n) is 5.72. The van der Waals surface area contributed by atoms with Crippen LogP contribution < -0.4 is 15.8 Å². The number of fused-ring (bicyclic) bond motifs is 1. The van der Waals surface area contributed by atoms with Crippen molar-refractivity contribution in [3.63, 3.8) is 0 Å². The van der Waals surface area contributed by atoms with Gasteiger partial charge in [0.25, 0.3) is 0 Å². The number of ether oxygens (including phenoxy) is 2. The molecule has 0 radical (unpaired) electrons. The van der Waals surface area contributed by atoms with Gasteiger partial charge < -0.3 is 25.5 Å². The van der Waals surface area contributed by atoms with Crippen LogP contribution in [-0.4, -0.2) is 34.2 Å². The van der Waals surface area contributed by atoms with E-state index in [1.54, 1.807) is 14.2 Å². The highest BCUT2D eigenvalue weighted by Crippen LogP contribution is 2.37. The number of aromatic amines is 1. The number of hydrogen-bond acceptors (Lipinski definition) is 7. The predicted molar refractivity (Wildman–Crippen MR) is 127 cm³/mol. The van der Waals surface area contributed by atoms with Gasteiger partial charge in [0.15, 0.2) is 0 Å². The molecule has 1 aliphatic rings. The van der Waals surface area contributed by atoms with E-state index in [2.05, 4.69) is 20.3 Å². The fraction of sp³-hybridized carbons (Fsp3) is 0.160. The first-order valence-corrected chi connectivity index (χ1v) is 10.5. The third-order valence-corrected chi connectivity index (χ3v) is 5.72. The summed E-state index contributed by atoms with van der Waals surface area (Å²) in [7, 11) is 3.26. The van der Waals surface area contributed by atoms with E-state index in [0.717, 1.165) is 33.7 Å². The highest BCUT2D eigenvalue weighted by Gasteiger charge is 2.39. The Morgan fingerprint density at radius 1 is 1.00 bits per heavy atom. The number of allylic oxidation sites excluding steroid dienone is 2. The van der Waals surface area contributed by atoms with Crippen LogP contribution in [0.3, 0.4) is 0 Å². The monoisotopic (exact) mass is 440 g/mol. The summed E-state index contributed by atoms with van der Waals surface area (Å²) in [6.07, 6.45) is 5.78. The van der Waals surface area contributed by atoms with Crippen molar-refractivity contribution < 1.29 is 9.47 Å². The van der Waals surface area contributed by atoms with Crippen LogP contribution in [0.15, 0.2) is 84.5 Å². The molecule has 0 saturated heterocycles. The Kier molecular flexibility index (Phi) is 5.27. The van der Waals surface area contributed by atoms with Gasteiger partial charge in [0.2, 0.25) is 0 Å². The summed E-state index contributed by atoms with van der Waals surface area (Å²) >= 11 is 0. The molecule has 0 saturated carbocycles. The van der Waals surface area contributed by atoms with Gasteiger partial charge in [-0.15, -0.1) is 0 Å². The van der Waals surface area contributed by atoms with Gasteiger partial charge in [0.05, 0.1) is 30.9 Å². The zero-order valence-corrected chi connectivity index (χ0v) is 18.4.